The summed E-state index contributed by atoms with van der Waals surface area (Å²) in [6.07, 6.45) is 0. The van der Waals surface area contributed by atoms with Gasteiger partial charge in [-0.15, -0.1) is 0 Å². The van der Waals surface area contributed by atoms with Gasteiger partial charge in [-0.05, 0) is 47.7 Å². The number of halogens is 1. The third kappa shape index (κ3) is 1.91. The highest BCUT2D eigenvalue weighted by Gasteiger charge is 2.16. The maximum absolute atomic E-state index is 11.7. The molecule has 0 bridgehead atoms. The van der Waals surface area contributed by atoms with Gasteiger partial charge < -0.3 is 4.74 Å². The number of benzene rings is 1. The number of carbonyl (C=O) groups is 1. The summed E-state index contributed by atoms with van der Waals surface area (Å²) in [6.45, 7) is 2.15. The first-order chi connectivity index (χ1) is 7.63. The second kappa shape index (κ2) is 4.40. The SMILES string of the molecule is CCOC(=O)c1nn(C)c2cc(I)ccc12. The third-order valence-electron chi connectivity index (χ3n) is 2.28. The molecule has 0 spiro atoms. The molecule has 0 atom stereocenters. The predicted octanol–water partition coefficient (Wildman–Crippen LogP) is 2.35. The van der Waals surface area contributed by atoms with Crippen molar-refractivity contribution >= 4 is 39.5 Å². The van der Waals surface area contributed by atoms with Crippen LogP contribution in [-0.2, 0) is 11.8 Å². The fraction of sp³-hybridized carbons (Fsp3) is 0.273. The van der Waals surface area contributed by atoms with Crippen LogP contribution in [-0.4, -0.2) is 22.4 Å². The summed E-state index contributed by atoms with van der Waals surface area (Å²) in [5.74, 6) is -0.366. The van der Waals surface area contributed by atoms with Crippen molar-refractivity contribution in [2.45, 2.75) is 6.92 Å². The molecule has 2 rings (SSSR count). The van der Waals surface area contributed by atoms with Gasteiger partial charge in [-0.25, -0.2) is 4.79 Å². The van der Waals surface area contributed by atoms with Crippen molar-refractivity contribution in [1.29, 1.82) is 0 Å². The van der Waals surface area contributed by atoms with Crippen LogP contribution in [0.1, 0.15) is 17.4 Å². The number of aromatic nitrogens is 2. The molecule has 0 aliphatic rings. The van der Waals surface area contributed by atoms with Gasteiger partial charge in [0, 0.05) is 16.0 Å². The molecule has 0 saturated heterocycles. The van der Waals surface area contributed by atoms with E-state index in [2.05, 4.69) is 27.7 Å². The fourth-order valence-corrected chi connectivity index (χ4v) is 2.06. The standard InChI is InChI=1S/C11H11IN2O2/c1-3-16-11(15)10-8-5-4-7(12)6-9(8)14(2)13-10/h4-6H,3H2,1-2H3. The largest absolute Gasteiger partial charge is 0.461 e. The third-order valence-corrected chi connectivity index (χ3v) is 2.95. The van der Waals surface area contributed by atoms with E-state index in [9.17, 15) is 4.79 Å². The van der Waals surface area contributed by atoms with E-state index in [1.165, 1.54) is 0 Å². The highest BCUT2D eigenvalue weighted by Crippen LogP contribution is 2.21. The van der Waals surface area contributed by atoms with Gasteiger partial charge in [-0.2, -0.15) is 5.10 Å². The van der Waals surface area contributed by atoms with Crippen LogP contribution < -0.4 is 0 Å². The topological polar surface area (TPSA) is 44.1 Å². The van der Waals surface area contributed by atoms with E-state index in [-0.39, 0.29) is 5.97 Å². The lowest BCUT2D eigenvalue weighted by Gasteiger charge is -1.97. The summed E-state index contributed by atoms with van der Waals surface area (Å²) in [5.41, 5.74) is 1.32. The quantitative estimate of drug-likeness (QED) is 0.627. The molecular weight excluding hydrogens is 319 g/mol. The summed E-state index contributed by atoms with van der Waals surface area (Å²) >= 11 is 2.23. The van der Waals surface area contributed by atoms with Gasteiger partial charge in [-0.3, -0.25) is 4.68 Å². The lowest BCUT2D eigenvalue weighted by atomic mass is 10.2. The Labute approximate surface area is 107 Å². The number of nitrogens with zero attached hydrogens (tertiary/aromatic N) is 2. The second-order valence-electron chi connectivity index (χ2n) is 3.35. The zero-order chi connectivity index (χ0) is 11.7. The van der Waals surface area contributed by atoms with Gasteiger partial charge in [0.25, 0.3) is 0 Å². The lowest BCUT2D eigenvalue weighted by Crippen LogP contribution is -2.06. The van der Waals surface area contributed by atoms with E-state index >= 15 is 0 Å². The van der Waals surface area contributed by atoms with Crippen LogP contribution in [0.15, 0.2) is 18.2 Å². The Kier molecular flexibility index (Phi) is 3.13. The van der Waals surface area contributed by atoms with Crippen molar-refractivity contribution in [3.05, 3.63) is 27.5 Å². The highest BCUT2D eigenvalue weighted by atomic mass is 127. The Morgan fingerprint density at radius 1 is 1.56 bits per heavy atom. The zero-order valence-corrected chi connectivity index (χ0v) is 11.2. The highest BCUT2D eigenvalue weighted by molar-refractivity contribution is 14.1. The number of carbonyl (C=O) groups excluding carboxylic acids is 1. The number of hydrogen-bond donors (Lipinski definition) is 0. The normalized spacial score (nSPS) is 10.7. The number of ether oxygens (including phenoxy) is 1. The van der Waals surface area contributed by atoms with Crippen LogP contribution in [0.2, 0.25) is 0 Å². The van der Waals surface area contributed by atoms with Crippen molar-refractivity contribution in [1.82, 2.24) is 9.78 Å². The molecule has 0 amide bonds. The van der Waals surface area contributed by atoms with Crippen LogP contribution in [0, 0.1) is 3.57 Å². The first kappa shape index (κ1) is 11.4. The summed E-state index contributed by atoms with van der Waals surface area (Å²) < 4.78 is 7.78. The van der Waals surface area contributed by atoms with E-state index in [0.717, 1.165) is 14.5 Å². The van der Waals surface area contributed by atoms with Crippen molar-refractivity contribution in [2.24, 2.45) is 7.05 Å². The van der Waals surface area contributed by atoms with Crippen LogP contribution in [0.25, 0.3) is 10.9 Å². The molecule has 84 valence electrons. The first-order valence-corrected chi connectivity index (χ1v) is 6.00. The van der Waals surface area contributed by atoms with Crippen LogP contribution >= 0.6 is 22.6 Å². The molecule has 0 fully saturated rings. The fourth-order valence-electron chi connectivity index (χ4n) is 1.58. The summed E-state index contributed by atoms with van der Waals surface area (Å²) in [6, 6.07) is 5.84. The van der Waals surface area contributed by atoms with Crippen molar-refractivity contribution in [2.75, 3.05) is 6.61 Å². The first-order valence-electron chi connectivity index (χ1n) is 4.93. The molecule has 1 heterocycles. The average Bonchev–Trinajstić information content (AvgIpc) is 2.56. The van der Waals surface area contributed by atoms with E-state index in [0.29, 0.717) is 12.3 Å². The molecule has 1 aromatic carbocycles. The minimum Gasteiger partial charge on any atom is -0.461 e. The van der Waals surface area contributed by atoms with E-state index in [1.54, 1.807) is 11.6 Å². The molecule has 0 radical (unpaired) electrons. The maximum atomic E-state index is 11.7. The molecule has 5 heteroatoms. The Balaban J connectivity index is 2.59. The molecule has 4 nitrogen and oxygen atoms in total. The number of rotatable bonds is 2. The van der Waals surface area contributed by atoms with Gasteiger partial charge >= 0.3 is 5.97 Å². The van der Waals surface area contributed by atoms with E-state index in [4.69, 9.17) is 4.74 Å². The van der Waals surface area contributed by atoms with Crippen molar-refractivity contribution in [3.63, 3.8) is 0 Å². The molecule has 0 saturated carbocycles. The van der Waals surface area contributed by atoms with Crippen molar-refractivity contribution in [3.8, 4) is 0 Å². The van der Waals surface area contributed by atoms with Gasteiger partial charge in [-0.1, -0.05) is 0 Å². The predicted molar refractivity (Wildman–Crippen MR) is 69.4 cm³/mol. The number of hydrogen-bond acceptors (Lipinski definition) is 3. The minimum atomic E-state index is -0.366. The Hall–Kier alpha value is -1.11. The van der Waals surface area contributed by atoms with Crippen LogP contribution in [0.5, 0.6) is 0 Å². The van der Waals surface area contributed by atoms with E-state index < -0.39 is 0 Å². The van der Waals surface area contributed by atoms with Crippen LogP contribution in [0.3, 0.4) is 0 Å². The Morgan fingerprint density at radius 3 is 3.00 bits per heavy atom. The summed E-state index contributed by atoms with van der Waals surface area (Å²) in [4.78, 5) is 11.7. The molecular formula is C11H11IN2O2. The molecule has 0 N–H and O–H groups in total. The number of fused-ring (bicyclic) bond motifs is 1. The molecule has 1 aromatic heterocycles. The molecule has 0 aliphatic carbocycles. The number of esters is 1. The van der Waals surface area contributed by atoms with Crippen LogP contribution in [0.4, 0.5) is 0 Å². The number of aryl methyl sites for hydroxylation is 1. The van der Waals surface area contributed by atoms with Gasteiger partial charge in [0.2, 0.25) is 0 Å². The van der Waals surface area contributed by atoms with Gasteiger partial charge in [0.1, 0.15) is 0 Å². The van der Waals surface area contributed by atoms with Gasteiger partial charge in [0.15, 0.2) is 5.69 Å². The monoisotopic (exact) mass is 330 g/mol. The Morgan fingerprint density at radius 2 is 2.31 bits per heavy atom. The van der Waals surface area contributed by atoms with Gasteiger partial charge in [0.05, 0.1) is 12.1 Å². The maximum Gasteiger partial charge on any atom is 0.359 e. The average molecular weight is 330 g/mol. The molecule has 2 aromatic rings. The smallest absolute Gasteiger partial charge is 0.359 e. The summed E-state index contributed by atoms with van der Waals surface area (Å²) in [7, 11) is 1.82. The second-order valence-corrected chi connectivity index (χ2v) is 4.60. The Bertz CT molecular complexity index is 548. The van der Waals surface area contributed by atoms with Crippen molar-refractivity contribution < 1.29 is 9.53 Å². The summed E-state index contributed by atoms with van der Waals surface area (Å²) in [5, 5.41) is 5.02. The molecule has 16 heavy (non-hydrogen) atoms. The van der Waals surface area contributed by atoms with E-state index in [1.807, 2.05) is 25.2 Å². The minimum absolute atomic E-state index is 0.362. The molecule has 0 aliphatic heterocycles. The molecule has 0 unspecified atom stereocenters. The lowest BCUT2D eigenvalue weighted by molar-refractivity contribution is 0.0521. The zero-order valence-electron chi connectivity index (χ0n) is 9.03.